The van der Waals surface area contributed by atoms with E-state index >= 15 is 0 Å². The van der Waals surface area contributed by atoms with Gasteiger partial charge in [-0.05, 0) is 69.5 Å². The van der Waals surface area contributed by atoms with Crippen molar-refractivity contribution in [3.63, 3.8) is 0 Å². The third-order valence-electron chi connectivity index (χ3n) is 7.00. The molecule has 0 saturated heterocycles. The lowest BCUT2D eigenvalue weighted by molar-refractivity contribution is 0.311. The summed E-state index contributed by atoms with van der Waals surface area (Å²) in [5.41, 5.74) is 5.61. The van der Waals surface area contributed by atoms with E-state index in [1.807, 2.05) is 6.20 Å². The van der Waals surface area contributed by atoms with Crippen molar-refractivity contribution in [2.24, 2.45) is 0 Å². The second-order valence-corrected chi connectivity index (χ2v) is 10.3. The Kier molecular flexibility index (Phi) is 7.39. The van der Waals surface area contributed by atoms with Crippen molar-refractivity contribution in [3.05, 3.63) is 46.9 Å². The molecule has 0 aliphatic heterocycles. The number of hydrogen-bond acceptors (Lipinski definition) is 7. The Bertz CT molecular complexity index is 1070. The lowest BCUT2D eigenvalue weighted by atomic mass is 9.73. The summed E-state index contributed by atoms with van der Waals surface area (Å²) in [7, 11) is 2.15. The summed E-state index contributed by atoms with van der Waals surface area (Å²) < 4.78 is 10.6. The maximum Gasteiger partial charge on any atom is 0.299 e. The molecule has 6 nitrogen and oxygen atoms in total. The summed E-state index contributed by atoms with van der Waals surface area (Å²) in [5.74, 6) is 1.39. The number of aromatic nitrogens is 4. The van der Waals surface area contributed by atoms with Crippen molar-refractivity contribution >= 4 is 11.5 Å². The van der Waals surface area contributed by atoms with Gasteiger partial charge in [0.2, 0.25) is 0 Å². The van der Waals surface area contributed by atoms with E-state index in [0.29, 0.717) is 16.7 Å². The molecule has 0 amide bonds. The van der Waals surface area contributed by atoms with Crippen LogP contribution in [-0.4, -0.2) is 44.4 Å². The second-order valence-electron chi connectivity index (χ2n) is 9.58. The first kappa shape index (κ1) is 23.8. The highest BCUT2D eigenvalue weighted by atomic mass is 32.1. The van der Waals surface area contributed by atoms with Crippen LogP contribution in [0.2, 0.25) is 0 Å². The van der Waals surface area contributed by atoms with Crippen molar-refractivity contribution in [1.82, 2.24) is 24.2 Å². The van der Waals surface area contributed by atoms with E-state index in [-0.39, 0.29) is 5.41 Å². The van der Waals surface area contributed by atoms with Crippen LogP contribution in [0.1, 0.15) is 68.3 Å². The topological polar surface area (TPSA) is 64.0 Å². The zero-order valence-corrected chi connectivity index (χ0v) is 21.3. The van der Waals surface area contributed by atoms with Gasteiger partial charge >= 0.3 is 0 Å². The molecule has 1 saturated carbocycles. The predicted octanol–water partition coefficient (Wildman–Crippen LogP) is 6.12. The Morgan fingerprint density at radius 1 is 1.06 bits per heavy atom. The zero-order valence-electron chi connectivity index (χ0n) is 20.5. The molecule has 4 rings (SSSR count). The second kappa shape index (κ2) is 10.3. The minimum Gasteiger partial charge on any atom is -0.430 e. The Hall–Kier alpha value is -2.38. The first-order valence-corrected chi connectivity index (χ1v) is 12.8. The maximum absolute atomic E-state index is 6.12. The molecule has 3 aromatic rings. The standard InChI is InChI=1S/C26H35N5OS/c1-6-31(5)13-10-20-14-19(3)22(15-18(20)2)32-25-29-24(30-33-25)21-16-28-23(17-27-21)26(4)11-8-7-9-12-26/h14-17H,6-13H2,1-5H3. The number of ether oxygens (including phenoxy) is 1. The summed E-state index contributed by atoms with van der Waals surface area (Å²) in [4.78, 5) is 16.3. The van der Waals surface area contributed by atoms with Crippen LogP contribution in [0.25, 0.3) is 11.5 Å². The van der Waals surface area contributed by atoms with Crippen LogP contribution < -0.4 is 4.74 Å². The number of benzene rings is 1. The Morgan fingerprint density at radius 3 is 2.55 bits per heavy atom. The van der Waals surface area contributed by atoms with Gasteiger partial charge in [0.1, 0.15) is 11.4 Å². The van der Waals surface area contributed by atoms with E-state index < -0.39 is 0 Å². The van der Waals surface area contributed by atoms with Crippen LogP contribution in [-0.2, 0) is 11.8 Å². The average molecular weight is 466 g/mol. The van der Waals surface area contributed by atoms with Crippen LogP contribution >= 0.6 is 11.5 Å². The fourth-order valence-corrected chi connectivity index (χ4v) is 5.04. The largest absolute Gasteiger partial charge is 0.430 e. The highest BCUT2D eigenvalue weighted by Crippen LogP contribution is 2.38. The molecule has 1 aliphatic rings. The first-order chi connectivity index (χ1) is 15.9. The molecule has 1 fully saturated rings. The van der Waals surface area contributed by atoms with E-state index in [0.717, 1.165) is 36.5 Å². The number of likely N-dealkylation sites (N-methyl/N-ethyl adjacent to an activating group) is 1. The van der Waals surface area contributed by atoms with Crippen LogP contribution in [0.5, 0.6) is 10.9 Å². The van der Waals surface area contributed by atoms with Crippen LogP contribution in [0.4, 0.5) is 0 Å². The summed E-state index contributed by atoms with van der Waals surface area (Å²) >= 11 is 1.25. The molecular formula is C26H35N5OS. The third-order valence-corrected chi connectivity index (χ3v) is 7.59. The van der Waals surface area contributed by atoms with E-state index in [9.17, 15) is 0 Å². The number of rotatable bonds is 8. The van der Waals surface area contributed by atoms with Gasteiger partial charge in [0.15, 0.2) is 5.82 Å². The Morgan fingerprint density at radius 2 is 1.85 bits per heavy atom. The fraction of sp³-hybridized carbons (Fsp3) is 0.538. The highest BCUT2D eigenvalue weighted by Gasteiger charge is 2.30. The van der Waals surface area contributed by atoms with Crippen molar-refractivity contribution in [3.8, 4) is 22.5 Å². The van der Waals surface area contributed by atoms with Gasteiger partial charge in [0.25, 0.3) is 5.19 Å². The van der Waals surface area contributed by atoms with Crippen molar-refractivity contribution in [2.75, 3.05) is 20.1 Å². The minimum absolute atomic E-state index is 0.140. The van der Waals surface area contributed by atoms with E-state index in [4.69, 9.17) is 9.72 Å². The molecule has 0 spiro atoms. The third kappa shape index (κ3) is 5.58. The van der Waals surface area contributed by atoms with E-state index in [2.05, 4.69) is 66.1 Å². The van der Waals surface area contributed by atoms with Crippen LogP contribution in [0.15, 0.2) is 24.5 Å². The quantitative estimate of drug-likeness (QED) is 0.399. The van der Waals surface area contributed by atoms with Gasteiger partial charge in [0, 0.05) is 29.7 Å². The monoisotopic (exact) mass is 465 g/mol. The molecule has 1 aliphatic carbocycles. The van der Waals surface area contributed by atoms with Crippen molar-refractivity contribution < 1.29 is 4.74 Å². The lowest BCUT2D eigenvalue weighted by Gasteiger charge is -2.32. The van der Waals surface area contributed by atoms with E-state index in [1.54, 1.807) is 6.20 Å². The van der Waals surface area contributed by atoms with Gasteiger partial charge in [0.05, 0.1) is 11.9 Å². The molecular weight excluding hydrogens is 430 g/mol. The minimum atomic E-state index is 0.140. The molecule has 176 valence electrons. The van der Waals surface area contributed by atoms with Crippen molar-refractivity contribution in [1.29, 1.82) is 0 Å². The molecule has 33 heavy (non-hydrogen) atoms. The normalized spacial score (nSPS) is 15.7. The molecule has 0 unspecified atom stereocenters. The molecule has 2 heterocycles. The molecule has 7 heteroatoms. The van der Waals surface area contributed by atoms with Gasteiger partial charge in [-0.2, -0.15) is 9.36 Å². The van der Waals surface area contributed by atoms with Crippen LogP contribution in [0.3, 0.4) is 0 Å². The highest BCUT2D eigenvalue weighted by molar-refractivity contribution is 7.07. The Labute approximate surface area is 201 Å². The number of nitrogens with zero attached hydrogens (tertiary/aromatic N) is 5. The Balaban J connectivity index is 1.45. The average Bonchev–Trinajstić information content (AvgIpc) is 3.29. The molecule has 0 atom stereocenters. The SMILES string of the molecule is CCN(C)CCc1cc(C)c(Oc2nc(-c3cnc(C4(C)CCCCC4)cn3)ns2)cc1C. The number of aryl methyl sites for hydroxylation is 2. The van der Waals surface area contributed by atoms with Crippen molar-refractivity contribution in [2.45, 2.75) is 71.6 Å². The van der Waals surface area contributed by atoms with Gasteiger partial charge in [-0.25, -0.2) is 4.98 Å². The summed E-state index contributed by atoms with van der Waals surface area (Å²) in [5, 5.41) is 0.524. The summed E-state index contributed by atoms with van der Waals surface area (Å²) in [6.45, 7) is 10.8. The summed E-state index contributed by atoms with van der Waals surface area (Å²) in [6.07, 6.45) is 11.0. The molecule has 1 aromatic carbocycles. The summed E-state index contributed by atoms with van der Waals surface area (Å²) in [6, 6.07) is 4.34. The fourth-order valence-electron chi connectivity index (χ4n) is 4.49. The number of hydrogen-bond donors (Lipinski definition) is 0. The van der Waals surface area contributed by atoms with Gasteiger partial charge in [-0.15, -0.1) is 0 Å². The van der Waals surface area contributed by atoms with E-state index in [1.165, 1.54) is 54.8 Å². The van der Waals surface area contributed by atoms with Gasteiger partial charge in [-0.3, -0.25) is 4.98 Å². The van der Waals surface area contributed by atoms with Gasteiger partial charge in [-0.1, -0.05) is 39.2 Å². The van der Waals surface area contributed by atoms with Crippen LogP contribution in [0, 0.1) is 13.8 Å². The van der Waals surface area contributed by atoms with Gasteiger partial charge < -0.3 is 9.64 Å². The zero-order chi connectivity index (χ0) is 23.4. The molecule has 0 radical (unpaired) electrons. The smallest absolute Gasteiger partial charge is 0.299 e. The first-order valence-electron chi connectivity index (χ1n) is 12.0. The maximum atomic E-state index is 6.12. The molecule has 0 N–H and O–H groups in total. The lowest BCUT2D eigenvalue weighted by Crippen LogP contribution is -2.26. The molecule has 2 aromatic heterocycles. The predicted molar refractivity (Wildman–Crippen MR) is 134 cm³/mol. The molecule has 0 bridgehead atoms.